The topological polar surface area (TPSA) is 46.9 Å². The van der Waals surface area contributed by atoms with Crippen molar-refractivity contribution in [2.24, 2.45) is 5.92 Å². The zero-order valence-electron chi connectivity index (χ0n) is 13.0. The number of carbonyl (C=O) groups excluding carboxylic acids is 1. The molecule has 1 aromatic carbocycles. The first-order chi connectivity index (χ1) is 10.6. The van der Waals surface area contributed by atoms with E-state index in [9.17, 15) is 4.79 Å². The summed E-state index contributed by atoms with van der Waals surface area (Å²) in [6.45, 7) is 4.79. The Morgan fingerprint density at radius 3 is 2.73 bits per heavy atom. The summed E-state index contributed by atoms with van der Waals surface area (Å²) in [6.07, 6.45) is 5.95. The Kier molecular flexibility index (Phi) is 4.09. The van der Waals surface area contributed by atoms with Gasteiger partial charge in [-0.15, -0.1) is 0 Å². The highest BCUT2D eigenvalue weighted by molar-refractivity contribution is 5.92. The number of rotatable bonds is 5. The van der Waals surface area contributed by atoms with E-state index in [1.54, 1.807) is 6.08 Å². The lowest BCUT2D eigenvalue weighted by Gasteiger charge is -2.03. The summed E-state index contributed by atoms with van der Waals surface area (Å²) in [6, 6.07) is 10.0. The van der Waals surface area contributed by atoms with Crippen LogP contribution >= 0.6 is 0 Å². The molecule has 0 radical (unpaired) electrons. The zero-order chi connectivity index (χ0) is 15.5. The Hall–Kier alpha value is -2.36. The summed E-state index contributed by atoms with van der Waals surface area (Å²) < 4.78 is 1.91. The Labute approximate surface area is 130 Å². The fourth-order valence-corrected chi connectivity index (χ4v) is 2.50. The summed E-state index contributed by atoms with van der Waals surface area (Å²) in [5.41, 5.74) is 3.99. The van der Waals surface area contributed by atoms with Crippen molar-refractivity contribution >= 4 is 12.0 Å². The average molecular weight is 295 g/mol. The molecule has 0 atom stereocenters. The third kappa shape index (κ3) is 3.27. The molecule has 1 amide bonds. The molecule has 114 valence electrons. The van der Waals surface area contributed by atoms with Gasteiger partial charge in [0.2, 0.25) is 5.91 Å². The molecule has 1 saturated carbocycles. The molecule has 1 N–H and O–H groups in total. The molecule has 2 aromatic rings. The number of para-hydroxylation sites is 1. The molecule has 0 unspecified atom stereocenters. The van der Waals surface area contributed by atoms with Gasteiger partial charge in [-0.1, -0.05) is 18.2 Å². The molecule has 0 saturated heterocycles. The van der Waals surface area contributed by atoms with Crippen LogP contribution in [0.15, 0.2) is 36.4 Å². The maximum absolute atomic E-state index is 11.8. The predicted octanol–water partition coefficient (Wildman–Crippen LogP) is 3.03. The Morgan fingerprint density at radius 2 is 2.05 bits per heavy atom. The van der Waals surface area contributed by atoms with Crippen LogP contribution in [0.3, 0.4) is 0 Å². The minimum absolute atomic E-state index is 0.0295. The van der Waals surface area contributed by atoms with E-state index in [0.717, 1.165) is 29.2 Å². The van der Waals surface area contributed by atoms with Gasteiger partial charge in [0.15, 0.2) is 0 Å². The van der Waals surface area contributed by atoms with E-state index in [2.05, 4.69) is 10.4 Å². The third-order valence-electron chi connectivity index (χ3n) is 4.01. The number of nitrogens with zero attached hydrogens (tertiary/aromatic N) is 2. The summed E-state index contributed by atoms with van der Waals surface area (Å²) >= 11 is 0. The van der Waals surface area contributed by atoms with Crippen molar-refractivity contribution in [2.45, 2.75) is 26.7 Å². The number of nitrogens with one attached hydrogen (secondary N) is 1. The molecular weight excluding hydrogens is 274 g/mol. The molecule has 0 bridgehead atoms. The number of amides is 1. The maximum Gasteiger partial charge on any atom is 0.244 e. The van der Waals surface area contributed by atoms with Crippen LogP contribution in [-0.2, 0) is 4.79 Å². The Balaban J connectivity index is 1.76. The smallest absolute Gasteiger partial charge is 0.244 e. The SMILES string of the molecule is Cc1nn(-c2ccccc2)c(C)c1/C=C/C(=O)NCC1CC1. The van der Waals surface area contributed by atoms with Crippen LogP contribution in [-0.4, -0.2) is 22.2 Å². The lowest BCUT2D eigenvalue weighted by molar-refractivity contribution is -0.116. The molecule has 4 heteroatoms. The van der Waals surface area contributed by atoms with Gasteiger partial charge in [0, 0.05) is 23.9 Å². The monoisotopic (exact) mass is 295 g/mol. The molecule has 4 nitrogen and oxygen atoms in total. The minimum Gasteiger partial charge on any atom is -0.352 e. The van der Waals surface area contributed by atoms with E-state index < -0.39 is 0 Å². The first-order valence-electron chi connectivity index (χ1n) is 7.72. The van der Waals surface area contributed by atoms with Crippen molar-refractivity contribution in [3.05, 3.63) is 53.4 Å². The standard InChI is InChI=1S/C18H21N3O/c1-13-17(10-11-18(22)19-12-15-8-9-15)14(2)21(20-13)16-6-4-3-5-7-16/h3-7,10-11,15H,8-9,12H2,1-2H3,(H,19,22)/b11-10+. The number of aromatic nitrogens is 2. The molecule has 1 aliphatic rings. The van der Waals surface area contributed by atoms with Crippen molar-refractivity contribution in [1.82, 2.24) is 15.1 Å². The molecule has 0 aliphatic heterocycles. The van der Waals surface area contributed by atoms with Crippen LogP contribution in [0.5, 0.6) is 0 Å². The first-order valence-corrected chi connectivity index (χ1v) is 7.72. The van der Waals surface area contributed by atoms with Gasteiger partial charge in [0.25, 0.3) is 0 Å². The van der Waals surface area contributed by atoms with Gasteiger partial charge in [-0.25, -0.2) is 4.68 Å². The van der Waals surface area contributed by atoms with Crippen molar-refractivity contribution in [3.8, 4) is 5.69 Å². The van der Waals surface area contributed by atoms with E-state index in [0.29, 0.717) is 5.92 Å². The maximum atomic E-state index is 11.8. The second-order valence-electron chi connectivity index (χ2n) is 5.85. The Bertz CT molecular complexity index is 697. The number of hydrogen-bond acceptors (Lipinski definition) is 2. The molecular formula is C18H21N3O. The highest BCUT2D eigenvalue weighted by Gasteiger charge is 2.21. The van der Waals surface area contributed by atoms with Crippen LogP contribution in [0.2, 0.25) is 0 Å². The van der Waals surface area contributed by atoms with E-state index >= 15 is 0 Å². The van der Waals surface area contributed by atoms with Crippen LogP contribution in [0.25, 0.3) is 11.8 Å². The summed E-state index contributed by atoms with van der Waals surface area (Å²) in [4.78, 5) is 11.8. The largest absolute Gasteiger partial charge is 0.352 e. The first kappa shape index (κ1) is 14.6. The highest BCUT2D eigenvalue weighted by Crippen LogP contribution is 2.27. The van der Waals surface area contributed by atoms with Gasteiger partial charge in [-0.05, 0) is 50.8 Å². The van der Waals surface area contributed by atoms with Gasteiger partial charge < -0.3 is 5.32 Å². The summed E-state index contributed by atoms with van der Waals surface area (Å²) in [5.74, 6) is 0.666. The van der Waals surface area contributed by atoms with Crippen LogP contribution < -0.4 is 5.32 Å². The van der Waals surface area contributed by atoms with E-state index in [1.165, 1.54) is 12.8 Å². The van der Waals surface area contributed by atoms with Gasteiger partial charge in [-0.2, -0.15) is 5.10 Å². The molecule has 1 heterocycles. The number of hydrogen-bond donors (Lipinski definition) is 1. The molecule has 22 heavy (non-hydrogen) atoms. The van der Waals surface area contributed by atoms with Crippen molar-refractivity contribution < 1.29 is 4.79 Å². The fraction of sp³-hybridized carbons (Fsp3) is 0.333. The number of aryl methyl sites for hydroxylation is 1. The van der Waals surface area contributed by atoms with Gasteiger partial charge in [0.05, 0.1) is 11.4 Å². The molecule has 1 aromatic heterocycles. The van der Waals surface area contributed by atoms with Gasteiger partial charge in [-0.3, -0.25) is 4.79 Å². The van der Waals surface area contributed by atoms with Crippen molar-refractivity contribution in [2.75, 3.05) is 6.54 Å². The molecule has 3 rings (SSSR count). The normalized spacial score (nSPS) is 14.5. The lowest BCUT2D eigenvalue weighted by Crippen LogP contribution is -2.23. The Morgan fingerprint density at radius 1 is 1.32 bits per heavy atom. The van der Waals surface area contributed by atoms with E-state index in [1.807, 2.05) is 54.9 Å². The predicted molar refractivity (Wildman–Crippen MR) is 87.8 cm³/mol. The highest BCUT2D eigenvalue weighted by atomic mass is 16.1. The lowest BCUT2D eigenvalue weighted by atomic mass is 10.2. The average Bonchev–Trinajstić information content (AvgIpc) is 3.31. The molecule has 1 aliphatic carbocycles. The molecule has 0 spiro atoms. The van der Waals surface area contributed by atoms with Crippen molar-refractivity contribution in [3.63, 3.8) is 0 Å². The van der Waals surface area contributed by atoms with Crippen LogP contribution in [0.1, 0.15) is 29.8 Å². The number of carbonyl (C=O) groups is 1. The second kappa shape index (κ2) is 6.18. The second-order valence-corrected chi connectivity index (χ2v) is 5.85. The summed E-state index contributed by atoms with van der Waals surface area (Å²) in [7, 11) is 0. The minimum atomic E-state index is -0.0295. The van der Waals surface area contributed by atoms with E-state index in [4.69, 9.17) is 0 Å². The zero-order valence-corrected chi connectivity index (χ0v) is 13.0. The van der Waals surface area contributed by atoms with E-state index in [-0.39, 0.29) is 5.91 Å². The van der Waals surface area contributed by atoms with Gasteiger partial charge >= 0.3 is 0 Å². The summed E-state index contributed by atoms with van der Waals surface area (Å²) in [5, 5.41) is 7.52. The number of benzene rings is 1. The van der Waals surface area contributed by atoms with Crippen LogP contribution in [0.4, 0.5) is 0 Å². The van der Waals surface area contributed by atoms with Gasteiger partial charge in [0.1, 0.15) is 0 Å². The fourth-order valence-electron chi connectivity index (χ4n) is 2.50. The quantitative estimate of drug-likeness (QED) is 0.862. The van der Waals surface area contributed by atoms with Crippen LogP contribution in [0, 0.1) is 19.8 Å². The van der Waals surface area contributed by atoms with Crippen molar-refractivity contribution in [1.29, 1.82) is 0 Å². The third-order valence-corrected chi connectivity index (χ3v) is 4.01. The molecule has 1 fully saturated rings.